The topological polar surface area (TPSA) is 94.6 Å². The quantitative estimate of drug-likeness (QED) is 0.547. The highest BCUT2D eigenvalue weighted by atomic mass is 32.3. The van der Waals surface area contributed by atoms with Crippen molar-refractivity contribution in [3.63, 3.8) is 0 Å². The number of pyridine rings is 1. The van der Waals surface area contributed by atoms with Crippen LogP contribution in [0.2, 0.25) is 0 Å². The average molecular weight is 385 g/mol. The van der Waals surface area contributed by atoms with Crippen molar-refractivity contribution in [2.75, 3.05) is 35.6 Å². The van der Waals surface area contributed by atoms with Crippen LogP contribution in [0.15, 0.2) is 59.5 Å². The number of para-hydroxylation sites is 1. The van der Waals surface area contributed by atoms with Crippen molar-refractivity contribution >= 4 is 33.0 Å². The molecular weight excluding hydrogens is 360 g/mol. The molecule has 0 amide bonds. The number of hydrogen-bond donors (Lipinski definition) is 4. The van der Waals surface area contributed by atoms with Gasteiger partial charge in [0.2, 0.25) is 0 Å². The Morgan fingerprint density at radius 2 is 1.89 bits per heavy atom. The fourth-order valence-corrected chi connectivity index (χ4v) is 5.00. The molecule has 3 aromatic rings. The zero-order chi connectivity index (χ0) is 18.9. The molecular formula is C20H24N4O2S. The lowest BCUT2D eigenvalue weighted by molar-refractivity contribution is 0.488. The molecule has 142 valence electrons. The van der Waals surface area contributed by atoms with Gasteiger partial charge in [0.05, 0.1) is 16.2 Å². The maximum Gasteiger partial charge on any atom is 0.131 e. The predicted octanol–water partition coefficient (Wildman–Crippen LogP) is 3.74. The molecule has 2 heterocycles. The lowest BCUT2D eigenvalue weighted by Crippen LogP contribution is -2.26. The molecule has 0 bridgehead atoms. The van der Waals surface area contributed by atoms with Gasteiger partial charge in [0.25, 0.3) is 0 Å². The fraction of sp³-hybridized carbons (Fsp3) is 0.250. The van der Waals surface area contributed by atoms with Crippen LogP contribution in [0.5, 0.6) is 0 Å². The molecule has 1 aromatic heterocycles. The summed E-state index contributed by atoms with van der Waals surface area (Å²) >= 11 is 0. The van der Waals surface area contributed by atoms with Gasteiger partial charge in [0, 0.05) is 43.3 Å². The first-order valence-electron chi connectivity index (χ1n) is 9.01. The number of fused-ring (bicyclic) bond motifs is 2. The Hall–Kier alpha value is -2.32. The van der Waals surface area contributed by atoms with Gasteiger partial charge in [0.15, 0.2) is 0 Å². The smallest absolute Gasteiger partial charge is 0.131 e. The maximum atomic E-state index is 10.6. The number of aromatic nitrogens is 1. The minimum absolute atomic E-state index is 0.296. The number of nitrogens with zero attached hydrogens (tertiary/aromatic N) is 2. The van der Waals surface area contributed by atoms with Crippen LogP contribution in [0.3, 0.4) is 0 Å². The molecule has 0 aliphatic carbocycles. The van der Waals surface area contributed by atoms with Crippen molar-refractivity contribution in [1.29, 1.82) is 0 Å². The van der Waals surface area contributed by atoms with Crippen molar-refractivity contribution in [3.8, 4) is 0 Å². The summed E-state index contributed by atoms with van der Waals surface area (Å²) in [4.78, 5) is 7.59. The second-order valence-electron chi connectivity index (χ2n) is 6.66. The Bertz CT molecular complexity index is 964. The zero-order valence-electron chi connectivity index (χ0n) is 15.0. The maximum absolute atomic E-state index is 10.6. The third-order valence-corrected chi connectivity index (χ3v) is 6.67. The van der Waals surface area contributed by atoms with Gasteiger partial charge in [-0.15, -0.1) is 0 Å². The first-order valence-corrected chi connectivity index (χ1v) is 10.7. The van der Waals surface area contributed by atoms with E-state index in [1.807, 2.05) is 54.6 Å². The summed E-state index contributed by atoms with van der Waals surface area (Å²) in [6, 6.07) is 17.6. The molecule has 0 saturated heterocycles. The van der Waals surface area contributed by atoms with Gasteiger partial charge in [-0.05, 0) is 17.7 Å². The SMILES string of the molecule is NCCNc1cc(N2CCS(O)(O)c3ccccc3C2)nc2ccccc12. The third-order valence-electron chi connectivity index (χ3n) is 4.82. The fourth-order valence-electron chi connectivity index (χ4n) is 3.46. The number of anilines is 2. The van der Waals surface area contributed by atoms with Crippen molar-refractivity contribution in [2.24, 2.45) is 5.73 Å². The van der Waals surface area contributed by atoms with Gasteiger partial charge in [-0.3, -0.25) is 9.11 Å². The van der Waals surface area contributed by atoms with Gasteiger partial charge in [-0.2, -0.15) is 10.6 Å². The summed E-state index contributed by atoms with van der Waals surface area (Å²) < 4.78 is 21.2. The van der Waals surface area contributed by atoms with Gasteiger partial charge >= 0.3 is 0 Å². The van der Waals surface area contributed by atoms with Crippen molar-refractivity contribution in [1.82, 2.24) is 4.98 Å². The Morgan fingerprint density at radius 1 is 1.11 bits per heavy atom. The highest BCUT2D eigenvalue weighted by molar-refractivity contribution is 8.24. The molecule has 0 atom stereocenters. The zero-order valence-corrected chi connectivity index (χ0v) is 15.8. The van der Waals surface area contributed by atoms with Crippen LogP contribution in [0.1, 0.15) is 5.56 Å². The van der Waals surface area contributed by atoms with E-state index in [9.17, 15) is 9.11 Å². The first kappa shape index (κ1) is 18.1. The molecule has 1 aliphatic heterocycles. The number of benzene rings is 2. The molecule has 6 nitrogen and oxygen atoms in total. The van der Waals surface area contributed by atoms with Gasteiger partial charge in [-0.1, -0.05) is 36.4 Å². The van der Waals surface area contributed by atoms with E-state index < -0.39 is 10.6 Å². The highest BCUT2D eigenvalue weighted by Crippen LogP contribution is 2.51. The molecule has 0 unspecified atom stereocenters. The largest absolute Gasteiger partial charge is 0.383 e. The summed E-state index contributed by atoms with van der Waals surface area (Å²) in [7, 11) is -2.79. The molecule has 0 radical (unpaired) electrons. The second kappa shape index (κ2) is 7.36. The second-order valence-corrected chi connectivity index (χ2v) is 8.84. The van der Waals surface area contributed by atoms with Crippen LogP contribution in [-0.4, -0.2) is 39.5 Å². The lowest BCUT2D eigenvalue weighted by atomic mass is 10.1. The van der Waals surface area contributed by atoms with E-state index in [2.05, 4.69) is 10.2 Å². The summed E-state index contributed by atoms with van der Waals surface area (Å²) in [6.07, 6.45) is 0. The molecule has 4 rings (SSSR count). The molecule has 7 heteroatoms. The van der Waals surface area contributed by atoms with E-state index in [0.29, 0.717) is 36.8 Å². The average Bonchev–Trinajstić information content (AvgIpc) is 2.82. The molecule has 0 fully saturated rings. The lowest BCUT2D eigenvalue weighted by Gasteiger charge is -2.32. The van der Waals surface area contributed by atoms with Crippen molar-refractivity contribution in [3.05, 3.63) is 60.2 Å². The van der Waals surface area contributed by atoms with E-state index in [1.54, 1.807) is 0 Å². The normalized spacial score (nSPS) is 17.2. The molecule has 5 N–H and O–H groups in total. The van der Waals surface area contributed by atoms with E-state index >= 15 is 0 Å². The minimum atomic E-state index is -2.79. The van der Waals surface area contributed by atoms with Gasteiger partial charge in [-0.25, -0.2) is 4.98 Å². The molecule has 0 saturated carbocycles. The van der Waals surface area contributed by atoms with Crippen molar-refractivity contribution < 1.29 is 9.11 Å². The van der Waals surface area contributed by atoms with Crippen LogP contribution in [0.4, 0.5) is 11.5 Å². The van der Waals surface area contributed by atoms with Crippen LogP contribution in [0.25, 0.3) is 10.9 Å². The molecule has 27 heavy (non-hydrogen) atoms. The van der Waals surface area contributed by atoms with E-state index in [4.69, 9.17) is 10.7 Å². The number of hydrogen-bond acceptors (Lipinski definition) is 6. The van der Waals surface area contributed by atoms with Gasteiger partial charge in [0.1, 0.15) is 5.82 Å². The number of rotatable bonds is 4. The number of nitrogens with two attached hydrogens (primary N) is 1. The third kappa shape index (κ3) is 3.59. The molecule has 0 spiro atoms. The van der Waals surface area contributed by atoms with E-state index in [0.717, 1.165) is 28.0 Å². The number of nitrogens with one attached hydrogen (secondary N) is 1. The standard InChI is InChI=1S/C20H24N4O2S/c21-9-10-22-18-13-20(23-17-7-3-2-6-16(17)18)24-11-12-27(25,26)19-8-4-1-5-15(19)14-24/h1-8,13,25-26H,9-12,14,21H2,(H,22,23). The van der Waals surface area contributed by atoms with Crippen LogP contribution >= 0.6 is 10.6 Å². The monoisotopic (exact) mass is 384 g/mol. The van der Waals surface area contributed by atoms with Gasteiger partial charge < -0.3 is 16.0 Å². The minimum Gasteiger partial charge on any atom is -0.383 e. The Balaban J connectivity index is 1.76. The Labute approximate surface area is 160 Å². The van der Waals surface area contributed by atoms with Crippen molar-refractivity contribution in [2.45, 2.75) is 11.4 Å². The van der Waals surface area contributed by atoms with E-state index in [1.165, 1.54) is 0 Å². The predicted molar refractivity (Wildman–Crippen MR) is 113 cm³/mol. The van der Waals surface area contributed by atoms with E-state index in [-0.39, 0.29) is 0 Å². The molecule has 2 aromatic carbocycles. The summed E-state index contributed by atoms with van der Waals surface area (Å²) in [5, 5.41) is 4.43. The highest BCUT2D eigenvalue weighted by Gasteiger charge is 2.26. The Morgan fingerprint density at radius 3 is 2.74 bits per heavy atom. The Kier molecular flexibility index (Phi) is 4.92. The molecule has 1 aliphatic rings. The van der Waals surface area contributed by atoms with Crippen LogP contribution in [-0.2, 0) is 6.54 Å². The first-order chi connectivity index (χ1) is 13.1. The summed E-state index contributed by atoms with van der Waals surface area (Å²) in [5.74, 6) is 1.12. The summed E-state index contributed by atoms with van der Waals surface area (Å²) in [6.45, 7) is 2.34. The van der Waals surface area contributed by atoms with Crippen LogP contribution < -0.4 is 16.0 Å². The van der Waals surface area contributed by atoms with Crippen LogP contribution in [0, 0.1) is 0 Å². The summed E-state index contributed by atoms with van der Waals surface area (Å²) in [5.41, 5.74) is 8.49.